The monoisotopic (exact) mass is 407 g/mol. The second-order valence-electron chi connectivity index (χ2n) is 6.35. The van der Waals surface area contributed by atoms with Gasteiger partial charge in [0.25, 0.3) is 0 Å². The van der Waals surface area contributed by atoms with Crippen LogP contribution in [0.1, 0.15) is 0 Å². The number of nitrogens with one attached hydrogen (secondary N) is 1. The Hall–Kier alpha value is -2.65. The van der Waals surface area contributed by atoms with Crippen molar-refractivity contribution in [1.82, 2.24) is 9.62 Å². The lowest BCUT2D eigenvalue weighted by Gasteiger charge is -2.36. The van der Waals surface area contributed by atoms with E-state index in [0.29, 0.717) is 26.2 Å². The summed E-state index contributed by atoms with van der Waals surface area (Å²) >= 11 is 0. The van der Waals surface area contributed by atoms with Gasteiger partial charge < -0.3 is 14.5 Å². The molecule has 1 heterocycles. The molecule has 1 saturated heterocycles. The number of hydrogen-bond donors (Lipinski definition) is 1. The minimum atomic E-state index is -3.94. The van der Waals surface area contributed by atoms with Crippen molar-refractivity contribution >= 4 is 21.6 Å². The molecular weight excluding hydrogens is 385 g/mol. The van der Waals surface area contributed by atoms with Gasteiger partial charge in [-0.2, -0.15) is 0 Å². The van der Waals surface area contributed by atoms with E-state index in [0.717, 1.165) is 23.6 Å². The lowest BCUT2D eigenvalue weighted by molar-refractivity contribution is -0.130. The summed E-state index contributed by atoms with van der Waals surface area (Å²) in [4.78, 5) is 15.9. The summed E-state index contributed by atoms with van der Waals surface area (Å²) in [5.74, 6) is -0.179. The molecule has 7 nitrogen and oxygen atoms in total. The third kappa shape index (κ3) is 4.79. The van der Waals surface area contributed by atoms with Crippen LogP contribution in [0.3, 0.4) is 0 Å². The van der Waals surface area contributed by atoms with Crippen molar-refractivity contribution in [3.63, 3.8) is 0 Å². The van der Waals surface area contributed by atoms with Crippen LogP contribution in [-0.4, -0.2) is 59.1 Å². The van der Waals surface area contributed by atoms with Crippen LogP contribution in [-0.2, 0) is 14.8 Å². The highest BCUT2D eigenvalue weighted by atomic mass is 32.2. The molecule has 0 spiro atoms. The van der Waals surface area contributed by atoms with Gasteiger partial charge in [0, 0.05) is 31.9 Å². The highest BCUT2D eigenvalue weighted by Crippen LogP contribution is 2.20. The zero-order valence-corrected chi connectivity index (χ0v) is 16.3. The van der Waals surface area contributed by atoms with E-state index < -0.39 is 15.8 Å². The number of sulfonamides is 1. The Labute approximate surface area is 163 Å². The minimum absolute atomic E-state index is 0.204. The van der Waals surface area contributed by atoms with Gasteiger partial charge in [0.1, 0.15) is 11.6 Å². The van der Waals surface area contributed by atoms with Gasteiger partial charge in [-0.15, -0.1) is 0 Å². The summed E-state index contributed by atoms with van der Waals surface area (Å²) in [6, 6.07) is 12.4. The van der Waals surface area contributed by atoms with Crippen LogP contribution >= 0.6 is 0 Å². The molecule has 0 atom stereocenters. The van der Waals surface area contributed by atoms with Crippen LogP contribution in [0.15, 0.2) is 53.4 Å². The highest BCUT2D eigenvalue weighted by molar-refractivity contribution is 7.89. The molecule has 0 aliphatic carbocycles. The fraction of sp³-hybridized carbons (Fsp3) is 0.316. The maximum Gasteiger partial charge on any atom is 0.241 e. The van der Waals surface area contributed by atoms with Gasteiger partial charge in [0.2, 0.25) is 15.9 Å². The standard InChI is InChI=1S/C19H22FN3O4S/c1-27-17-7-5-16(6-8-17)22-9-11-23(12-10-22)19(24)14-21-28(25,26)18-4-2-3-15(20)13-18/h2-8,13,21H,9-12,14H2,1H3. The number of benzene rings is 2. The first-order chi connectivity index (χ1) is 13.4. The van der Waals surface area contributed by atoms with E-state index in [9.17, 15) is 17.6 Å². The second-order valence-corrected chi connectivity index (χ2v) is 8.11. The molecular formula is C19H22FN3O4S. The molecule has 0 unspecified atom stereocenters. The number of hydrogen-bond acceptors (Lipinski definition) is 5. The number of rotatable bonds is 6. The van der Waals surface area contributed by atoms with Gasteiger partial charge in [-0.1, -0.05) is 6.07 Å². The fourth-order valence-corrected chi connectivity index (χ4v) is 4.00. The van der Waals surface area contributed by atoms with E-state index in [1.807, 2.05) is 24.3 Å². The molecule has 0 saturated carbocycles. The van der Waals surface area contributed by atoms with Crippen molar-refractivity contribution in [3.05, 3.63) is 54.3 Å². The van der Waals surface area contributed by atoms with Crippen LogP contribution < -0.4 is 14.4 Å². The normalized spacial score (nSPS) is 14.8. The number of carbonyl (C=O) groups is 1. The molecule has 0 radical (unpaired) electrons. The van der Waals surface area contributed by atoms with E-state index >= 15 is 0 Å². The number of nitrogens with zero attached hydrogens (tertiary/aromatic N) is 2. The minimum Gasteiger partial charge on any atom is -0.497 e. The zero-order valence-electron chi connectivity index (χ0n) is 15.5. The second kappa shape index (κ2) is 8.57. The molecule has 1 fully saturated rings. The Morgan fingerprint density at radius 2 is 1.79 bits per heavy atom. The predicted molar refractivity (Wildman–Crippen MR) is 103 cm³/mol. The number of carbonyl (C=O) groups excluding carboxylic acids is 1. The lowest BCUT2D eigenvalue weighted by Crippen LogP contribution is -2.51. The molecule has 0 aromatic heterocycles. The van der Waals surface area contributed by atoms with E-state index in [2.05, 4.69) is 9.62 Å². The summed E-state index contributed by atoms with van der Waals surface area (Å²) in [5.41, 5.74) is 1.04. The van der Waals surface area contributed by atoms with Gasteiger partial charge in [0.15, 0.2) is 0 Å². The van der Waals surface area contributed by atoms with Crippen molar-refractivity contribution in [2.45, 2.75) is 4.90 Å². The number of ether oxygens (including phenoxy) is 1. The van der Waals surface area contributed by atoms with Crippen LogP contribution in [0.4, 0.5) is 10.1 Å². The molecule has 28 heavy (non-hydrogen) atoms. The van der Waals surface area contributed by atoms with E-state index in [-0.39, 0.29) is 17.3 Å². The molecule has 3 rings (SSSR count). The molecule has 9 heteroatoms. The lowest BCUT2D eigenvalue weighted by atomic mass is 10.2. The Balaban J connectivity index is 1.52. The summed E-state index contributed by atoms with van der Waals surface area (Å²) < 4.78 is 45.0. The molecule has 1 aliphatic rings. The van der Waals surface area contributed by atoms with Gasteiger partial charge in [0.05, 0.1) is 18.6 Å². The van der Waals surface area contributed by atoms with Crippen molar-refractivity contribution < 1.29 is 22.3 Å². The summed E-state index contributed by atoms with van der Waals surface area (Å²) in [6.07, 6.45) is 0. The fourth-order valence-electron chi connectivity index (χ4n) is 2.99. The summed E-state index contributed by atoms with van der Waals surface area (Å²) in [6.45, 7) is 1.92. The van der Waals surface area contributed by atoms with Crippen LogP contribution in [0, 0.1) is 5.82 Å². The van der Waals surface area contributed by atoms with Crippen LogP contribution in [0.5, 0.6) is 5.75 Å². The van der Waals surface area contributed by atoms with Crippen molar-refractivity contribution in [3.8, 4) is 5.75 Å². The molecule has 1 amide bonds. The number of amides is 1. The zero-order chi connectivity index (χ0) is 20.1. The Kier molecular flexibility index (Phi) is 6.15. The van der Waals surface area contributed by atoms with Gasteiger partial charge in [-0.25, -0.2) is 17.5 Å². The average Bonchev–Trinajstić information content (AvgIpc) is 2.72. The molecule has 0 bridgehead atoms. The molecule has 2 aromatic carbocycles. The van der Waals surface area contributed by atoms with Crippen LogP contribution in [0.2, 0.25) is 0 Å². The molecule has 1 N–H and O–H groups in total. The third-order valence-corrected chi connectivity index (χ3v) is 5.99. The maximum absolute atomic E-state index is 13.2. The summed E-state index contributed by atoms with van der Waals surface area (Å²) in [5, 5.41) is 0. The maximum atomic E-state index is 13.2. The topological polar surface area (TPSA) is 79.0 Å². The first-order valence-electron chi connectivity index (χ1n) is 8.81. The highest BCUT2D eigenvalue weighted by Gasteiger charge is 2.23. The first kappa shape index (κ1) is 20.1. The van der Waals surface area contributed by atoms with E-state index in [1.165, 1.54) is 12.1 Å². The molecule has 150 valence electrons. The Bertz CT molecular complexity index is 926. The number of methoxy groups -OCH3 is 1. The number of piperazine rings is 1. The van der Waals surface area contributed by atoms with Gasteiger partial charge >= 0.3 is 0 Å². The van der Waals surface area contributed by atoms with E-state index in [4.69, 9.17) is 4.74 Å². The predicted octanol–water partition coefficient (Wildman–Crippen LogP) is 1.46. The van der Waals surface area contributed by atoms with Gasteiger partial charge in [-0.3, -0.25) is 4.79 Å². The molecule has 2 aromatic rings. The Morgan fingerprint density at radius 3 is 2.39 bits per heavy atom. The third-order valence-electron chi connectivity index (χ3n) is 4.59. The van der Waals surface area contributed by atoms with Crippen molar-refractivity contribution in [2.75, 3.05) is 44.7 Å². The first-order valence-corrected chi connectivity index (χ1v) is 10.3. The summed E-state index contributed by atoms with van der Waals surface area (Å²) in [7, 11) is -2.32. The Morgan fingerprint density at radius 1 is 1.11 bits per heavy atom. The average molecular weight is 407 g/mol. The number of anilines is 1. The van der Waals surface area contributed by atoms with Crippen molar-refractivity contribution in [2.24, 2.45) is 0 Å². The van der Waals surface area contributed by atoms with Crippen LogP contribution in [0.25, 0.3) is 0 Å². The van der Waals surface area contributed by atoms with Crippen molar-refractivity contribution in [1.29, 1.82) is 0 Å². The SMILES string of the molecule is COc1ccc(N2CCN(C(=O)CNS(=O)(=O)c3cccc(F)c3)CC2)cc1. The van der Waals surface area contributed by atoms with Gasteiger partial charge in [-0.05, 0) is 42.5 Å². The van der Waals surface area contributed by atoms with E-state index in [1.54, 1.807) is 12.0 Å². The largest absolute Gasteiger partial charge is 0.497 e. The molecule has 1 aliphatic heterocycles. The smallest absolute Gasteiger partial charge is 0.241 e. The number of halogens is 1. The quantitative estimate of drug-likeness (QED) is 0.785.